The molecule has 0 bridgehead atoms. The molecule has 0 aliphatic heterocycles. The zero-order valence-electron chi connectivity index (χ0n) is 13.1. The van der Waals surface area contributed by atoms with Crippen molar-refractivity contribution in [3.05, 3.63) is 42.3 Å². The molecular weight excluding hydrogens is 292 g/mol. The first-order valence-electron chi connectivity index (χ1n) is 7.59. The number of hydrogen-bond donors (Lipinski definition) is 4. The molecule has 1 saturated carbocycles. The van der Waals surface area contributed by atoms with Gasteiger partial charge < -0.3 is 20.8 Å². The molecule has 1 unspecified atom stereocenters. The fourth-order valence-corrected chi connectivity index (χ4v) is 2.05. The average molecular weight is 314 g/mol. The number of carbonyl (C=O) groups is 1. The lowest BCUT2D eigenvalue weighted by molar-refractivity contribution is -0.112. The van der Waals surface area contributed by atoms with Crippen LogP contribution in [0.1, 0.15) is 19.3 Å². The summed E-state index contributed by atoms with van der Waals surface area (Å²) in [5, 5.41) is 21.7. The van der Waals surface area contributed by atoms with Crippen LogP contribution >= 0.6 is 0 Å². The number of allylic oxidation sites excluding steroid dienone is 1. The number of rotatable bonds is 10. The van der Waals surface area contributed by atoms with Gasteiger partial charge in [0.05, 0.1) is 13.2 Å². The molecule has 122 valence electrons. The summed E-state index contributed by atoms with van der Waals surface area (Å²) in [5.74, 6) is -0.359. The lowest BCUT2D eigenvalue weighted by Crippen LogP contribution is -2.36. The van der Waals surface area contributed by atoms with Gasteiger partial charge >= 0.3 is 0 Å². The lowest BCUT2D eigenvalue weighted by atomic mass is 10.0. The monoisotopic (exact) mass is 314 g/mol. The summed E-state index contributed by atoms with van der Waals surface area (Å²) >= 11 is 0. The van der Waals surface area contributed by atoms with Crippen molar-refractivity contribution in [2.75, 3.05) is 12.4 Å². The number of hydrogen-bond acceptors (Lipinski definition) is 6. The summed E-state index contributed by atoms with van der Waals surface area (Å²) in [5.41, 5.74) is 0.680. The van der Waals surface area contributed by atoms with Crippen LogP contribution < -0.4 is 10.6 Å². The number of ketones is 1. The number of ether oxygens (including phenoxy) is 1. The molecule has 1 atom stereocenters. The number of para-hydroxylation sites is 1. The Labute approximate surface area is 135 Å². The SMILES string of the molecule is CO/C(=C/NC1CC1)C(=O)C(=N)C(CC=N)Nc1ccccc1. The van der Waals surface area contributed by atoms with E-state index in [0.717, 1.165) is 18.5 Å². The molecule has 2 rings (SSSR count). The molecule has 0 heterocycles. The van der Waals surface area contributed by atoms with Gasteiger partial charge in [-0.2, -0.15) is 0 Å². The maximum absolute atomic E-state index is 12.4. The smallest absolute Gasteiger partial charge is 0.244 e. The number of nitrogens with one attached hydrogen (secondary N) is 4. The number of methoxy groups -OCH3 is 1. The number of anilines is 1. The second kappa shape index (κ2) is 8.12. The molecule has 0 radical (unpaired) electrons. The molecule has 1 aliphatic carbocycles. The first kappa shape index (κ1) is 16.7. The van der Waals surface area contributed by atoms with E-state index < -0.39 is 11.8 Å². The predicted octanol–water partition coefficient (Wildman–Crippen LogP) is 2.34. The molecule has 6 heteroatoms. The van der Waals surface area contributed by atoms with E-state index in [2.05, 4.69) is 10.6 Å². The van der Waals surface area contributed by atoms with Crippen molar-refractivity contribution in [1.82, 2.24) is 5.32 Å². The standard InChI is InChI=1S/C17H22N4O2/c1-23-15(11-20-12-7-8-12)17(22)16(19)14(9-10-18)21-13-5-3-2-4-6-13/h2-6,10-12,14,18-21H,7-9H2,1H3/b15-11+,18-10?,19-16?. The van der Waals surface area contributed by atoms with Crippen LogP contribution in [0, 0.1) is 10.8 Å². The largest absolute Gasteiger partial charge is 0.491 e. The molecule has 4 N–H and O–H groups in total. The Hall–Kier alpha value is -2.63. The van der Waals surface area contributed by atoms with Gasteiger partial charge in [-0.25, -0.2) is 0 Å². The van der Waals surface area contributed by atoms with Crippen LogP contribution in [-0.2, 0) is 9.53 Å². The van der Waals surface area contributed by atoms with E-state index in [1.165, 1.54) is 13.3 Å². The van der Waals surface area contributed by atoms with E-state index in [4.69, 9.17) is 15.6 Å². The quantitative estimate of drug-likeness (QED) is 0.303. The van der Waals surface area contributed by atoms with E-state index in [-0.39, 0.29) is 17.9 Å². The van der Waals surface area contributed by atoms with Gasteiger partial charge in [-0.15, -0.1) is 0 Å². The van der Waals surface area contributed by atoms with Gasteiger partial charge in [0.25, 0.3) is 0 Å². The third kappa shape index (κ3) is 4.95. The van der Waals surface area contributed by atoms with Gasteiger partial charge in [-0.05, 0) is 31.2 Å². The average Bonchev–Trinajstić information content (AvgIpc) is 3.39. The van der Waals surface area contributed by atoms with Crippen molar-refractivity contribution in [3.8, 4) is 0 Å². The Morgan fingerprint density at radius 1 is 1.39 bits per heavy atom. The van der Waals surface area contributed by atoms with Crippen LogP contribution in [0.3, 0.4) is 0 Å². The Balaban J connectivity index is 2.07. The van der Waals surface area contributed by atoms with E-state index in [1.54, 1.807) is 6.20 Å². The Kier molecular flexibility index (Phi) is 5.91. The molecule has 1 fully saturated rings. The molecule has 1 aliphatic rings. The summed E-state index contributed by atoms with van der Waals surface area (Å²) in [7, 11) is 1.42. The first-order chi connectivity index (χ1) is 11.2. The van der Waals surface area contributed by atoms with Crippen molar-refractivity contribution in [3.63, 3.8) is 0 Å². The molecule has 0 amide bonds. The van der Waals surface area contributed by atoms with E-state index in [9.17, 15) is 4.79 Å². The topological polar surface area (TPSA) is 98.1 Å². The van der Waals surface area contributed by atoms with Gasteiger partial charge in [0.15, 0.2) is 5.76 Å². The number of Topliss-reactive ketones (excluding diaryl/α,β-unsaturated/α-hetero) is 1. The van der Waals surface area contributed by atoms with E-state index in [0.29, 0.717) is 6.04 Å². The second-order valence-corrected chi connectivity index (χ2v) is 5.40. The van der Waals surface area contributed by atoms with Crippen molar-refractivity contribution in [2.24, 2.45) is 0 Å². The Morgan fingerprint density at radius 3 is 2.65 bits per heavy atom. The van der Waals surface area contributed by atoms with Crippen LogP contribution in [0.25, 0.3) is 0 Å². The Bertz CT molecular complexity index is 594. The highest BCUT2D eigenvalue weighted by molar-refractivity contribution is 6.46. The molecule has 6 nitrogen and oxygen atoms in total. The van der Waals surface area contributed by atoms with Crippen LogP contribution in [-0.4, -0.2) is 36.9 Å². The highest BCUT2D eigenvalue weighted by atomic mass is 16.5. The molecule has 1 aromatic carbocycles. The van der Waals surface area contributed by atoms with E-state index >= 15 is 0 Å². The van der Waals surface area contributed by atoms with Gasteiger partial charge in [0, 0.05) is 24.4 Å². The summed E-state index contributed by atoms with van der Waals surface area (Å²) in [4.78, 5) is 12.4. The molecule has 0 aromatic heterocycles. The summed E-state index contributed by atoms with van der Waals surface area (Å²) in [6, 6.07) is 9.18. The van der Waals surface area contributed by atoms with Crippen molar-refractivity contribution >= 4 is 23.4 Å². The first-order valence-corrected chi connectivity index (χ1v) is 7.59. The maximum atomic E-state index is 12.4. The highest BCUT2D eigenvalue weighted by Crippen LogP contribution is 2.19. The van der Waals surface area contributed by atoms with Gasteiger partial charge in [-0.3, -0.25) is 10.2 Å². The van der Waals surface area contributed by atoms with Gasteiger partial charge in [0.2, 0.25) is 5.78 Å². The van der Waals surface area contributed by atoms with Gasteiger partial charge in [0.1, 0.15) is 5.71 Å². The third-order valence-electron chi connectivity index (χ3n) is 3.53. The summed E-state index contributed by atoms with van der Waals surface area (Å²) in [6.07, 6.45) is 5.17. The Morgan fingerprint density at radius 2 is 2.09 bits per heavy atom. The maximum Gasteiger partial charge on any atom is 0.244 e. The molecule has 0 spiro atoms. The van der Waals surface area contributed by atoms with Crippen LogP contribution in [0.2, 0.25) is 0 Å². The minimum Gasteiger partial charge on any atom is -0.491 e. The summed E-state index contributed by atoms with van der Waals surface area (Å²) in [6.45, 7) is 0. The fourth-order valence-electron chi connectivity index (χ4n) is 2.05. The number of benzene rings is 1. The fraction of sp³-hybridized carbons (Fsp3) is 0.353. The van der Waals surface area contributed by atoms with Crippen molar-refractivity contribution < 1.29 is 9.53 Å². The lowest BCUT2D eigenvalue weighted by Gasteiger charge is -2.19. The van der Waals surface area contributed by atoms with Crippen LogP contribution in [0.5, 0.6) is 0 Å². The third-order valence-corrected chi connectivity index (χ3v) is 3.53. The zero-order valence-corrected chi connectivity index (χ0v) is 13.1. The molecule has 23 heavy (non-hydrogen) atoms. The second-order valence-electron chi connectivity index (χ2n) is 5.40. The predicted molar refractivity (Wildman–Crippen MR) is 91.2 cm³/mol. The molecular formula is C17H22N4O2. The van der Waals surface area contributed by atoms with Crippen molar-refractivity contribution in [2.45, 2.75) is 31.3 Å². The minimum absolute atomic E-state index is 0.117. The minimum atomic E-state index is -0.568. The molecule has 1 aromatic rings. The van der Waals surface area contributed by atoms with Crippen molar-refractivity contribution in [1.29, 1.82) is 10.8 Å². The summed E-state index contributed by atoms with van der Waals surface area (Å²) < 4.78 is 5.11. The van der Waals surface area contributed by atoms with E-state index in [1.807, 2.05) is 30.3 Å². The highest BCUT2D eigenvalue weighted by Gasteiger charge is 2.25. The van der Waals surface area contributed by atoms with Crippen LogP contribution in [0.15, 0.2) is 42.3 Å². The molecule has 0 saturated heterocycles. The van der Waals surface area contributed by atoms with Crippen LogP contribution in [0.4, 0.5) is 5.69 Å². The number of carbonyl (C=O) groups excluding carboxylic acids is 1. The zero-order chi connectivity index (χ0) is 16.7. The normalized spacial score (nSPS) is 15.4. The van der Waals surface area contributed by atoms with Gasteiger partial charge in [-0.1, -0.05) is 18.2 Å².